The van der Waals surface area contributed by atoms with E-state index in [-0.39, 0.29) is 21.7 Å². The molecular formula is C70H70N4O. The number of fused-ring (bicyclic) bond motifs is 4. The predicted octanol–water partition coefficient (Wildman–Crippen LogP) is 19.4. The summed E-state index contributed by atoms with van der Waals surface area (Å²) in [6, 6.07) is 68.9. The number of nitrogens with zero attached hydrogens (tertiary/aromatic N) is 4. The number of anilines is 4. The van der Waals surface area contributed by atoms with Gasteiger partial charge in [-0.1, -0.05) is 204 Å². The van der Waals surface area contributed by atoms with Crippen molar-refractivity contribution in [3.63, 3.8) is 0 Å². The van der Waals surface area contributed by atoms with Crippen LogP contribution in [-0.4, -0.2) is 16.2 Å². The Morgan fingerprint density at radius 1 is 0.400 bits per heavy atom. The van der Waals surface area contributed by atoms with Crippen LogP contribution >= 0.6 is 0 Å². The summed E-state index contributed by atoms with van der Waals surface area (Å²) in [7, 11) is 0. The fourth-order valence-electron chi connectivity index (χ4n) is 11.1. The van der Waals surface area contributed by atoms with Gasteiger partial charge in [0.2, 0.25) is 0 Å². The molecule has 5 heteroatoms. The maximum atomic E-state index is 6.90. The number of hydrogen-bond donors (Lipinski definition) is 0. The maximum Gasteiger partial charge on any atom is 0.137 e. The number of para-hydroxylation sites is 4. The molecule has 0 fully saturated rings. The van der Waals surface area contributed by atoms with E-state index < -0.39 is 0 Å². The first-order valence-corrected chi connectivity index (χ1v) is 26.6. The highest BCUT2D eigenvalue weighted by atomic mass is 16.5. The maximum absolute atomic E-state index is 6.90. The topological polar surface area (TPSA) is 33.5 Å². The van der Waals surface area contributed by atoms with Crippen molar-refractivity contribution in [1.29, 1.82) is 0 Å². The van der Waals surface area contributed by atoms with Crippen molar-refractivity contribution in [2.75, 3.05) is 16.5 Å². The lowest BCUT2D eigenvalue weighted by Gasteiger charge is -2.32. The Kier molecular flexibility index (Phi) is 12.2. The molecule has 2 aromatic heterocycles. The highest BCUT2D eigenvalue weighted by Crippen LogP contribution is 2.53. The van der Waals surface area contributed by atoms with E-state index in [4.69, 9.17) is 9.72 Å². The zero-order chi connectivity index (χ0) is 52.6. The molecule has 376 valence electrons. The molecule has 0 spiro atoms. The minimum absolute atomic E-state index is 0.000819. The Morgan fingerprint density at radius 2 is 0.987 bits per heavy atom. The summed E-state index contributed by atoms with van der Waals surface area (Å²) < 4.78 is 9.17. The third-order valence-corrected chi connectivity index (χ3v) is 15.1. The molecule has 0 N–H and O–H groups in total. The summed E-state index contributed by atoms with van der Waals surface area (Å²) >= 11 is 0. The fourth-order valence-corrected chi connectivity index (χ4v) is 11.1. The first kappa shape index (κ1) is 49.3. The molecule has 0 atom stereocenters. The number of benzene rings is 8. The van der Waals surface area contributed by atoms with Gasteiger partial charge >= 0.3 is 0 Å². The van der Waals surface area contributed by atoms with Crippen molar-refractivity contribution in [3.05, 3.63) is 217 Å². The van der Waals surface area contributed by atoms with Crippen molar-refractivity contribution < 1.29 is 4.74 Å². The molecule has 0 saturated carbocycles. The lowest BCUT2D eigenvalue weighted by molar-refractivity contribution is 0.483. The minimum Gasteiger partial charge on any atom is -0.457 e. The van der Waals surface area contributed by atoms with E-state index >= 15 is 0 Å². The zero-order valence-electron chi connectivity index (χ0n) is 45.9. The van der Waals surface area contributed by atoms with Gasteiger partial charge in [0.05, 0.1) is 28.1 Å². The van der Waals surface area contributed by atoms with Crippen molar-refractivity contribution in [2.24, 2.45) is 0 Å². The molecular weight excluding hydrogens is 913 g/mol. The molecule has 0 aliphatic carbocycles. The van der Waals surface area contributed by atoms with Gasteiger partial charge in [0.1, 0.15) is 24.0 Å². The number of rotatable bonds is 8. The van der Waals surface area contributed by atoms with Crippen molar-refractivity contribution in [1.82, 2.24) is 9.55 Å². The van der Waals surface area contributed by atoms with Crippen molar-refractivity contribution in [2.45, 2.75) is 105 Å². The lowest BCUT2D eigenvalue weighted by Crippen LogP contribution is -2.25. The quantitative estimate of drug-likeness (QED) is 0.152. The van der Waals surface area contributed by atoms with Gasteiger partial charge in [0, 0.05) is 45.9 Å². The Labute approximate surface area is 445 Å². The van der Waals surface area contributed by atoms with Crippen LogP contribution < -0.4 is 14.5 Å². The van der Waals surface area contributed by atoms with E-state index in [9.17, 15) is 0 Å². The highest BCUT2D eigenvalue weighted by molar-refractivity contribution is 6.09. The fraction of sp³-hybridized carbons (Fsp3) is 0.243. The monoisotopic (exact) mass is 983 g/mol. The molecule has 1 aliphatic heterocycles. The Bertz CT molecular complexity index is 3780. The molecule has 10 aromatic rings. The molecule has 0 saturated heterocycles. The van der Waals surface area contributed by atoms with Crippen LogP contribution in [-0.2, 0) is 21.7 Å². The second-order valence-electron chi connectivity index (χ2n) is 24.6. The van der Waals surface area contributed by atoms with Gasteiger partial charge in [-0.2, -0.15) is 0 Å². The van der Waals surface area contributed by atoms with Crippen LogP contribution in [0.5, 0.6) is 11.5 Å². The summed E-state index contributed by atoms with van der Waals surface area (Å²) in [5.41, 5.74) is 19.0. The molecule has 3 heterocycles. The molecule has 0 unspecified atom stereocenters. The van der Waals surface area contributed by atoms with Crippen LogP contribution in [0, 0.1) is 0 Å². The first-order valence-electron chi connectivity index (χ1n) is 26.6. The second-order valence-corrected chi connectivity index (χ2v) is 24.6. The van der Waals surface area contributed by atoms with Crippen LogP contribution in [0.15, 0.2) is 194 Å². The van der Waals surface area contributed by atoms with E-state index in [1.165, 1.54) is 66.7 Å². The molecule has 75 heavy (non-hydrogen) atoms. The average molecular weight is 983 g/mol. The number of aromatic nitrogens is 2. The van der Waals surface area contributed by atoms with E-state index in [1.54, 1.807) is 0 Å². The van der Waals surface area contributed by atoms with Crippen molar-refractivity contribution in [3.8, 4) is 50.7 Å². The average Bonchev–Trinajstić information content (AvgIpc) is 3.94. The SMILES string of the molecule is CC(C)(C)c1ccnc(-n2c3ccccc3c3ccc(Oc4cccc(N5CN(c6c(-c7ccc(-c8ccccc8)cc7C(C)(C)C)cccc6-c6ccc(C(C)(C)C)cc6C(C)(C)C)c6ccccc65)c4)cc32)c1. The second kappa shape index (κ2) is 18.5. The predicted molar refractivity (Wildman–Crippen MR) is 318 cm³/mol. The third kappa shape index (κ3) is 9.28. The molecule has 1 aliphatic rings. The Morgan fingerprint density at radius 3 is 1.68 bits per heavy atom. The molecule has 8 aromatic carbocycles. The zero-order valence-corrected chi connectivity index (χ0v) is 45.9. The minimum atomic E-state index is -0.150. The molecule has 11 rings (SSSR count). The van der Waals surface area contributed by atoms with E-state index in [1.807, 2.05) is 6.20 Å². The lowest BCUT2D eigenvalue weighted by atomic mass is 9.76. The van der Waals surface area contributed by atoms with Gasteiger partial charge in [-0.25, -0.2) is 4.98 Å². The van der Waals surface area contributed by atoms with Gasteiger partial charge in [0.25, 0.3) is 0 Å². The highest BCUT2D eigenvalue weighted by Gasteiger charge is 2.34. The summed E-state index contributed by atoms with van der Waals surface area (Å²) in [5.74, 6) is 2.42. The summed E-state index contributed by atoms with van der Waals surface area (Å²) in [6.45, 7) is 28.4. The van der Waals surface area contributed by atoms with Crippen LogP contribution in [0.3, 0.4) is 0 Å². The standard InChI is InChI=1S/C70H70N4O/c1-67(2,3)48-33-36-54(60(41-48)70(10,11)12)58-28-21-27-57(53-35-32-47(40-59(53)69(7,8)9)46-22-14-13-15-23-46)66(58)73-45-72(62-30-18-19-31-63(62)73)50-24-20-25-51(43-50)75-52-34-37-56-55-26-16-17-29-61(55)74(64(56)44-52)65-42-49(38-39-71-65)68(4,5)6/h13-44H,45H2,1-12H3. The summed E-state index contributed by atoms with van der Waals surface area (Å²) in [4.78, 5) is 9.92. The Hall–Kier alpha value is -7.89. The van der Waals surface area contributed by atoms with Gasteiger partial charge in [-0.15, -0.1) is 0 Å². The van der Waals surface area contributed by atoms with Gasteiger partial charge in [0.15, 0.2) is 0 Å². The number of hydrogen-bond acceptors (Lipinski definition) is 4. The Balaban J connectivity index is 1.04. The van der Waals surface area contributed by atoms with Gasteiger partial charge < -0.3 is 14.5 Å². The van der Waals surface area contributed by atoms with E-state index in [0.29, 0.717) is 6.67 Å². The smallest absolute Gasteiger partial charge is 0.137 e. The van der Waals surface area contributed by atoms with Gasteiger partial charge in [-0.3, -0.25) is 4.57 Å². The van der Waals surface area contributed by atoms with Crippen LogP contribution in [0.2, 0.25) is 0 Å². The van der Waals surface area contributed by atoms with Crippen LogP contribution in [0.25, 0.3) is 61.0 Å². The van der Waals surface area contributed by atoms with E-state index in [0.717, 1.165) is 50.8 Å². The molecule has 0 amide bonds. The molecule has 5 nitrogen and oxygen atoms in total. The molecule has 0 radical (unpaired) electrons. The van der Waals surface area contributed by atoms with Crippen LogP contribution in [0.4, 0.5) is 22.7 Å². The summed E-state index contributed by atoms with van der Waals surface area (Å²) in [6.07, 6.45) is 1.93. The van der Waals surface area contributed by atoms with E-state index in [2.05, 4.69) is 286 Å². The van der Waals surface area contributed by atoms with Crippen LogP contribution in [0.1, 0.15) is 105 Å². The van der Waals surface area contributed by atoms with Crippen molar-refractivity contribution >= 4 is 44.6 Å². The number of ether oxygens (including phenoxy) is 1. The number of pyridine rings is 1. The third-order valence-electron chi connectivity index (χ3n) is 15.1. The summed E-state index contributed by atoms with van der Waals surface area (Å²) in [5, 5.41) is 2.34. The normalized spacial score (nSPS) is 13.2. The largest absolute Gasteiger partial charge is 0.457 e. The van der Waals surface area contributed by atoms with Gasteiger partial charge in [-0.05, 0) is 121 Å². The molecule has 0 bridgehead atoms. The first-order chi connectivity index (χ1) is 35.7.